The highest BCUT2D eigenvalue weighted by Gasteiger charge is 2.56. The quantitative estimate of drug-likeness (QED) is 0.835. The van der Waals surface area contributed by atoms with Crippen LogP contribution in [-0.4, -0.2) is 18.4 Å². The maximum absolute atomic E-state index is 12.4. The third kappa shape index (κ3) is 1.67. The molecule has 3 nitrogen and oxygen atoms in total. The lowest BCUT2D eigenvalue weighted by Gasteiger charge is -2.40. The van der Waals surface area contributed by atoms with Gasteiger partial charge in [0.1, 0.15) is 0 Å². The molecule has 0 N–H and O–H groups in total. The van der Waals surface area contributed by atoms with Crippen LogP contribution >= 0.6 is 12.6 Å². The minimum Gasteiger partial charge on any atom is -0.222 e. The van der Waals surface area contributed by atoms with E-state index in [0.29, 0.717) is 12.8 Å². The molecule has 0 aromatic heterocycles. The molecule has 1 aromatic rings. The summed E-state index contributed by atoms with van der Waals surface area (Å²) in [5, 5.41) is 8.79. The van der Waals surface area contributed by atoms with E-state index in [-0.39, 0.29) is 10.1 Å². The third-order valence-corrected chi connectivity index (χ3v) is 6.63. The number of benzene rings is 1. The lowest BCUT2D eigenvalue weighted by molar-refractivity contribution is 0.423. The molecule has 17 heavy (non-hydrogen) atoms. The van der Waals surface area contributed by atoms with Crippen molar-refractivity contribution in [1.29, 1.82) is 5.26 Å². The second-order valence-corrected chi connectivity index (χ2v) is 7.20. The van der Waals surface area contributed by atoms with Gasteiger partial charge in [-0.15, -0.1) is 0 Å². The van der Waals surface area contributed by atoms with Crippen LogP contribution in [0.1, 0.15) is 18.4 Å². The molecular formula is C12H13NO2S2. The first-order valence-electron chi connectivity index (χ1n) is 5.35. The Balaban J connectivity index is 2.51. The van der Waals surface area contributed by atoms with E-state index < -0.39 is 14.6 Å². The number of hydrogen-bond donors (Lipinski definition) is 1. The first-order valence-corrected chi connectivity index (χ1v) is 7.34. The molecule has 0 radical (unpaired) electrons. The lowest BCUT2D eigenvalue weighted by Crippen LogP contribution is -2.53. The fraction of sp³-hybridized carbons (Fsp3) is 0.417. The molecule has 0 saturated heterocycles. The van der Waals surface area contributed by atoms with Gasteiger partial charge in [-0.2, -0.15) is 17.9 Å². The summed E-state index contributed by atoms with van der Waals surface area (Å²) >= 11 is 4.21. The molecular weight excluding hydrogens is 254 g/mol. The Morgan fingerprint density at radius 2 is 2.00 bits per heavy atom. The molecule has 2 atom stereocenters. The van der Waals surface area contributed by atoms with Crippen molar-refractivity contribution in [3.05, 3.63) is 29.8 Å². The van der Waals surface area contributed by atoms with E-state index in [9.17, 15) is 13.7 Å². The minimum atomic E-state index is -3.62. The van der Waals surface area contributed by atoms with Crippen molar-refractivity contribution in [2.24, 2.45) is 0 Å². The Morgan fingerprint density at radius 1 is 1.41 bits per heavy atom. The summed E-state index contributed by atoms with van der Waals surface area (Å²) in [5.41, 5.74) is 0.992. The molecule has 0 heterocycles. The van der Waals surface area contributed by atoms with Crippen LogP contribution in [0.5, 0.6) is 0 Å². The van der Waals surface area contributed by atoms with Crippen LogP contribution in [0.15, 0.2) is 29.2 Å². The van der Waals surface area contributed by atoms with Crippen molar-refractivity contribution in [2.75, 3.05) is 0 Å². The Kier molecular flexibility index (Phi) is 2.96. The molecule has 0 spiro atoms. The van der Waals surface area contributed by atoms with Crippen molar-refractivity contribution in [1.82, 2.24) is 0 Å². The van der Waals surface area contributed by atoms with Crippen LogP contribution in [-0.2, 0) is 9.84 Å². The molecule has 1 aliphatic carbocycles. The van der Waals surface area contributed by atoms with Gasteiger partial charge in [-0.25, -0.2) is 8.42 Å². The SMILES string of the molecule is Cc1ccc(S(=O)(=O)C2(C#N)CCC2S)cc1. The highest BCUT2D eigenvalue weighted by atomic mass is 32.2. The van der Waals surface area contributed by atoms with Crippen molar-refractivity contribution in [3.63, 3.8) is 0 Å². The van der Waals surface area contributed by atoms with Crippen molar-refractivity contribution in [3.8, 4) is 6.07 Å². The monoisotopic (exact) mass is 267 g/mol. The summed E-state index contributed by atoms with van der Waals surface area (Å²) < 4.78 is 23.5. The van der Waals surface area contributed by atoms with Gasteiger partial charge in [0.2, 0.25) is 0 Å². The van der Waals surface area contributed by atoms with Crippen LogP contribution in [0.3, 0.4) is 0 Å². The predicted molar refractivity (Wildman–Crippen MR) is 68.7 cm³/mol. The average Bonchev–Trinajstić information content (AvgIpc) is 2.28. The first kappa shape index (κ1) is 12.5. The molecule has 1 fully saturated rings. The van der Waals surface area contributed by atoms with Gasteiger partial charge >= 0.3 is 0 Å². The summed E-state index contributed by atoms with van der Waals surface area (Å²) in [6.07, 6.45) is 1.04. The molecule has 0 aliphatic heterocycles. The highest BCUT2D eigenvalue weighted by Crippen LogP contribution is 2.45. The van der Waals surface area contributed by atoms with Gasteiger partial charge in [0.15, 0.2) is 14.6 Å². The van der Waals surface area contributed by atoms with E-state index in [1.807, 2.05) is 13.0 Å². The standard InChI is InChI=1S/C12H13NO2S2/c1-9-2-4-10(5-3-9)17(14,15)12(8-13)7-6-11(12)16/h2-5,11,16H,6-7H2,1H3. The van der Waals surface area contributed by atoms with Gasteiger partial charge in [0.05, 0.1) is 11.0 Å². The molecule has 2 rings (SSSR count). The molecule has 90 valence electrons. The van der Waals surface area contributed by atoms with E-state index >= 15 is 0 Å². The molecule has 5 heteroatoms. The first-order chi connectivity index (χ1) is 7.94. The lowest BCUT2D eigenvalue weighted by atomic mass is 9.85. The Labute approximate surface area is 107 Å². The van der Waals surface area contributed by atoms with Gasteiger partial charge in [0.25, 0.3) is 0 Å². The van der Waals surface area contributed by atoms with E-state index in [2.05, 4.69) is 12.6 Å². The smallest absolute Gasteiger partial charge is 0.198 e. The number of nitriles is 1. The van der Waals surface area contributed by atoms with Crippen LogP contribution < -0.4 is 0 Å². The zero-order chi connectivity index (χ0) is 12.7. The molecule has 0 amide bonds. The predicted octanol–water partition coefficient (Wildman–Crippen LogP) is 2.12. The van der Waals surface area contributed by atoms with Gasteiger partial charge in [-0.1, -0.05) is 17.7 Å². The number of sulfone groups is 1. The Morgan fingerprint density at radius 3 is 2.35 bits per heavy atom. The van der Waals surface area contributed by atoms with Crippen LogP contribution in [0.25, 0.3) is 0 Å². The van der Waals surface area contributed by atoms with Gasteiger partial charge < -0.3 is 0 Å². The zero-order valence-corrected chi connectivity index (χ0v) is 11.1. The van der Waals surface area contributed by atoms with E-state index in [1.165, 1.54) is 0 Å². The van der Waals surface area contributed by atoms with Crippen molar-refractivity contribution >= 4 is 22.5 Å². The Hall–Kier alpha value is -0.990. The molecule has 1 aromatic carbocycles. The van der Waals surface area contributed by atoms with Crippen LogP contribution in [0.4, 0.5) is 0 Å². The van der Waals surface area contributed by atoms with Gasteiger partial charge in [-0.05, 0) is 31.9 Å². The Bertz CT molecular complexity index is 572. The molecule has 1 aliphatic rings. The highest BCUT2D eigenvalue weighted by molar-refractivity contribution is 7.94. The third-order valence-electron chi connectivity index (χ3n) is 3.33. The fourth-order valence-electron chi connectivity index (χ4n) is 1.97. The second kappa shape index (κ2) is 4.04. The molecule has 1 saturated carbocycles. The van der Waals surface area contributed by atoms with E-state index in [0.717, 1.165) is 5.56 Å². The summed E-state index contributed by atoms with van der Waals surface area (Å²) in [6, 6.07) is 8.55. The summed E-state index contributed by atoms with van der Waals surface area (Å²) in [4.78, 5) is 0.211. The zero-order valence-electron chi connectivity index (χ0n) is 9.42. The minimum absolute atomic E-state index is 0.211. The average molecular weight is 267 g/mol. The van der Waals surface area contributed by atoms with Crippen molar-refractivity contribution < 1.29 is 8.42 Å². The summed E-state index contributed by atoms with van der Waals surface area (Å²) in [5.74, 6) is 0. The molecule has 0 bridgehead atoms. The van der Waals surface area contributed by atoms with Gasteiger partial charge in [0, 0.05) is 5.25 Å². The van der Waals surface area contributed by atoms with Crippen LogP contribution in [0, 0.1) is 18.3 Å². The summed E-state index contributed by atoms with van der Waals surface area (Å²) in [6.45, 7) is 1.89. The van der Waals surface area contributed by atoms with Crippen LogP contribution in [0.2, 0.25) is 0 Å². The largest absolute Gasteiger partial charge is 0.222 e. The molecule has 2 unspecified atom stereocenters. The number of aryl methyl sites for hydroxylation is 1. The fourth-order valence-corrected chi connectivity index (χ4v) is 4.60. The van der Waals surface area contributed by atoms with Crippen molar-refractivity contribution in [2.45, 2.75) is 34.7 Å². The topological polar surface area (TPSA) is 57.9 Å². The number of thiol groups is 1. The maximum Gasteiger partial charge on any atom is 0.198 e. The normalized spacial score (nSPS) is 28.2. The van der Waals surface area contributed by atoms with Gasteiger partial charge in [-0.3, -0.25) is 0 Å². The van der Waals surface area contributed by atoms with E-state index in [4.69, 9.17) is 0 Å². The summed E-state index contributed by atoms with van der Waals surface area (Å²) in [7, 11) is -3.62. The second-order valence-electron chi connectivity index (χ2n) is 4.37. The number of hydrogen-bond acceptors (Lipinski definition) is 4. The maximum atomic E-state index is 12.4. The number of nitrogens with zero attached hydrogens (tertiary/aromatic N) is 1. The number of rotatable bonds is 2. The van der Waals surface area contributed by atoms with E-state index in [1.54, 1.807) is 24.3 Å².